The Morgan fingerprint density at radius 2 is 2.26 bits per heavy atom. The van der Waals surface area contributed by atoms with Crippen LogP contribution in [0.15, 0.2) is 16.7 Å². The summed E-state index contributed by atoms with van der Waals surface area (Å²) in [6.45, 7) is -0.342. The summed E-state index contributed by atoms with van der Waals surface area (Å²) in [5, 5.41) is 13.4. The number of rotatable bonds is 3. The number of nitrogens with zero attached hydrogens (tertiary/aromatic N) is 2. The molecule has 1 aliphatic rings. The Kier molecular flexibility index (Phi) is 3.90. The molecule has 0 radical (unpaired) electrons. The average molecular weight is 350 g/mol. The summed E-state index contributed by atoms with van der Waals surface area (Å²) in [5.41, 5.74) is 0.442. The van der Waals surface area contributed by atoms with Gasteiger partial charge in [-0.05, 0) is 22.0 Å². The first kappa shape index (κ1) is 14.4. The number of primary sulfonamides is 1. The highest BCUT2D eigenvalue weighted by Gasteiger charge is 2.38. The zero-order chi connectivity index (χ0) is 14.2. The van der Waals surface area contributed by atoms with Gasteiger partial charge in [0.1, 0.15) is 11.1 Å². The number of carbonyl (C=O) groups is 1. The van der Waals surface area contributed by atoms with Crippen LogP contribution in [0.2, 0.25) is 0 Å². The largest absolute Gasteiger partial charge is 0.392 e. The van der Waals surface area contributed by atoms with Crippen LogP contribution in [0, 0.1) is 0 Å². The normalized spacial score (nSPS) is 20.1. The quantitative estimate of drug-likeness (QED) is 0.779. The summed E-state index contributed by atoms with van der Waals surface area (Å²) < 4.78 is 23.2. The summed E-state index contributed by atoms with van der Waals surface area (Å²) in [6.07, 6.45) is 1.31. The Morgan fingerprint density at radius 3 is 2.79 bits per heavy atom. The van der Waals surface area contributed by atoms with Gasteiger partial charge in [0, 0.05) is 29.2 Å². The summed E-state index contributed by atoms with van der Waals surface area (Å²) in [7, 11) is -3.77. The van der Waals surface area contributed by atoms with Crippen LogP contribution in [-0.4, -0.2) is 36.2 Å². The van der Waals surface area contributed by atoms with E-state index in [1.54, 1.807) is 6.07 Å². The van der Waals surface area contributed by atoms with Crippen molar-refractivity contribution >= 4 is 37.7 Å². The lowest BCUT2D eigenvalue weighted by Gasteiger charge is -2.18. The number of anilines is 1. The third-order valence-electron chi connectivity index (χ3n) is 2.89. The molecule has 19 heavy (non-hydrogen) atoms. The number of pyridine rings is 1. The van der Waals surface area contributed by atoms with Gasteiger partial charge in [0.15, 0.2) is 0 Å². The Bertz CT molecular complexity index is 619. The molecule has 0 bridgehead atoms. The molecule has 9 heteroatoms. The van der Waals surface area contributed by atoms with Gasteiger partial charge < -0.3 is 5.11 Å². The highest BCUT2D eigenvalue weighted by atomic mass is 79.9. The van der Waals surface area contributed by atoms with Crippen LogP contribution in [0.3, 0.4) is 0 Å². The van der Waals surface area contributed by atoms with E-state index in [0.717, 1.165) is 0 Å². The Labute approximate surface area is 118 Å². The Hall–Kier alpha value is -1.03. The number of hydrogen-bond acceptors (Lipinski definition) is 5. The second-order valence-electron chi connectivity index (χ2n) is 4.21. The van der Waals surface area contributed by atoms with Crippen molar-refractivity contribution in [3.8, 4) is 0 Å². The summed E-state index contributed by atoms with van der Waals surface area (Å²) >= 11 is 3.21. The first-order valence-electron chi connectivity index (χ1n) is 5.40. The van der Waals surface area contributed by atoms with Crippen LogP contribution in [0.4, 0.5) is 5.82 Å². The molecule has 0 aliphatic carbocycles. The number of nitrogens with two attached hydrogens (primary N) is 1. The van der Waals surface area contributed by atoms with Crippen molar-refractivity contribution in [2.45, 2.75) is 18.3 Å². The van der Waals surface area contributed by atoms with E-state index in [1.165, 1.54) is 11.1 Å². The van der Waals surface area contributed by atoms with Crippen molar-refractivity contribution in [1.29, 1.82) is 0 Å². The molecule has 1 aromatic heterocycles. The number of sulfonamides is 1. The van der Waals surface area contributed by atoms with Crippen molar-refractivity contribution in [2.75, 3.05) is 11.4 Å². The van der Waals surface area contributed by atoms with Crippen LogP contribution < -0.4 is 10.0 Å². The number of halogens is 1. The van der Waals surface area contributed by atoms with E-state index in [2.05, 4.69) is 20.9 Å². The maximum atomic E-state index is 11.9. The van der Waals surface area contributed by atoms with E-state index in [0.29, 0.717) is 10.0 Å². The smallest absolute Gasteiger partial charge is 0.229 e. The molecule has 2 rings (SSSR count). The molecular weight excluding hydrogens is 338 g/mol. The minimum atomic E-state index is -3.77. The molecule has 2 heterocycles. The zero-order valence-corrected chi connectivity index (χ0v) is 12.2. The molecule has 0 saturated carbocycles. The minimum Gasteiger partial charge on any atom is -0.392 e. The topological polar surface area (TPSA) is 114 Å². The third kappa shape index (κ3) is 2.94. The van der Waals surface area contributed by atoms with E-state index < -0.39 is 15.3 Å². The van der Waals surface area contributed by atoms with Crippen LogP contribution in [0.25, 0.3) is 0 Å². The molecule has 1 saturated heterocycles. The standard InChI is InChI=1S/C10H12BrN3O4S/c11-7-1-6(5-15)10(13-3-7)14-4-8(2-9(14)16)19(12,17)18/h1,3,8,15H,2,4-5H2,(H2,12,17,18). The van der Waals surface area contributed by atoms with Crippen LogP contribution in [0.1, 0.15) is 12.0 Å². The van der Waals surface area contributed by atoms with Gasteiger partial charge in [-0.25, -0.2) is 18.5 Å². The van der Waals surface area contributed by atoms with E-state index in [4.69, 9.17) is 5.14 Å². The molecule has 1 amide bonds. The van der Waals surface area contributed by atoms with Crippen molar-refractivity contribution in [3.63, 3.8) is 0 Å². The lowest BCUT2D eigenvalue weighted by Crippen LogP contribution is -2.32. The van der Waals surface area contributed by atoms with E-state index in [1.807, 2.05) is 0 Å². The zero-order valence-electron chi connectivity index (χ0n) is 9.78. The first-order chi connectivity index (χ1) is 8.82. The molecule has 104 valence electrons. The highest BCUT2D eigenvalue weighted by Crippen LogP contribution is 2.27. The van der Waals surface area contributed by atoms with E-state index >= 15 is 0 Å². The predicted molar refractivity (Wildman–Crippen MR) is 71.7 cm³/mol. The SMILES string of the molecule is NS(=O)(=O)C1CC(=O)N(c2ncc(Br)cc2CO)C1. The van der Waals surface area contributed by atoms with Gasteiger partial charge in [-0.1, -0.05) is 0 Å². The fraction of sp³-hybridized carbons (Fsp3) is 0.400. The predicted octanol–water partition coefficient (Wildman–Crippen LogP) is -0.270. The van der Waals surface area contributed by atoms with E-state index in [9.17, 15) is 18.3 Å². The van der Waals surface area contributed by atoms with Crippen LogP contribution >= 0.6 is 15.9 Å². The van der Waals surface area contributed by atoms with Crippen LogP contribution in [-0.2, 0) is 21.4 Å². The lowest BCUT2D eigenvalue weighted by molar-refractivity contribution is -0.117. The number of amides is 1. The van der Waals surface area contributed by atoms with Crippen molar-refractivity contribution in [2.24, 2.45) is 5.14 Å². The highest BCUT2D eigenvalue weighted by molar-refractivity contribution is 9.10. The van der Waals surface area contributed by atoms with Gasteiger partial charge in [-0.2, -0.15) is 0 Å². The average Bonchev–Trinajstić information content (AvgIpc) is 2.71. The fourth-order valence-electron chi connectivity index (χ4n) is 1.93. The van der Waals surface area contributed by atoms with Gasteiger partial charge in [0.05, 0.1) is 6.61 Å². The summed E-state index contributed by atoms with van der Waals surface area (Å²) in [5.74, 6) is -0.106. The molecular formula is C10H12BrN3O4S. The number of aromatic nitrogens is 1. The molecule has 3 N–H and O–H groups in total. The van der Waals surface area contributed by atoms with Gasteiger partial charge in [0.2, 0.25) is 15.9 Å². The van der Waals surface area contributed by atoms with Gasteiger partial charge in [0.25, 0.3) is 0 Å². The maximum absolute atomic E-state index is 11.9. The van der Waals surface area contributed by atoms with Gasteiger partial charge in [-0.15, -0.1) is 0 Å². The van der Waals surface area contributed by atoms with Gasteiger partial charge >= 0.3 is 0 Å². The molecule has 1 aromatic rings. The maximum Gasteiger partial charge on any atom is 0.229 e. The van der Waals surface area contributed by atoms with Gasteiger partial charge in [-0.3, -0.25) is 9.69 Å². The third-order valence-corrected chi connectivity index (χ3v) is 4.57. The number of aliphatic hydroxyl groups is 1. The summed E-state index contributed by atoms with van der Waals surface area (Å²) in [4.78, 5) is 17.2. The van der Waals surface area contributed by atoms with Crippen LogP contribution in [0.5, 0.6) is 0 Å². The number of carbonyl (C=O) groups excluding carboxylic acids is 1. The minimum absolute atomic E-state index is 0.0424. The van der Waals surface area contributed by atoms with E-state index in [-0.39, 0.29) is 31.3 Å². The lowest BCUT2D eigenvalue weighted by atomic mass is 10.2. The molecule has 0 spiro atoms. The Balaban J connectivity index is 2.36. The van der Waals surface area contributed by atoms with Crippen molar-refractivity contribution in [1.82, 2.24) is 4.98 Å². The van der Waals surface area contributed by atoms with Crippen molar-refractivity contribution < 1.29 is 18.3 Å². The summed E-state index contributed by atoms with van der Waals surface area (Å²) in [6, 6.07) is 1.62. The molecule has 1 unspecified atom stereocenters. The first-order valence-corrected chi connectivity index (χ1v) is 7.80. The number of hydrogen-bond donors (Lipinski definition) is 2. The molecule has 1 aliphatic heterocycles. The monoisotopic (exact) mass is 349 g/mol. The molecule has 1 atom stereocenters. The molecule has 1 fully saturated rings. The fourth-order valence-corrected chi connectivity index (χ4v) is 3.04. The second kappa shape index (κ2) is 5.16. The van der Waals surface area contributed by atoms with Crippen molar-refractivity contribution in [3.05, 3.63) is 22.3 Å². The number of aliphatic hydroxyl groups excluding tert-OH is 1. The molecule has 7 nitrogen and oxygen atoms in total. The Morgan fingerprint density at radius 1 is 1.58 bits per heavy atom. The molecule has 0 aromatic carbocycles. The second-order valence-corrected chi connectivity index (χ2v) is 6.97.